The van der Waals surface area contributed by atoms with Gasteiger partial charge in [-0.2, -0.15) is 0 Å². The van der Waals surface area contributed by atoms with E-state index in [-0.39, 0.29) is 6.09 Å². The molecule has 2 unspecified atom stereocenters. The van der Waals surface area contributed by atoms with Crippen molar-refractivity contribution < 1.29 is 9.53 Å². The molecule has 21 heavy (non-hydrogen) atoms. The van der Waals surface area contributed by atoms with E-state index in [1.165, 1.54) is 9.35 Å². The third-order valence-electron chi connectivity index (χ3n) is 4.04. The molecule has 1 aliphatic carbocycles. The van der Waals surface area contributed by atoms with Crippen LogP contribution in [0.5, 0.6) is 0 Å². The summed E-state index contributed by atoms with van der Waals surface area (Å²) in [5.74, 6) is 1.19. The molecule has 1 aromatic rings. The number of rotatable bonds is 3. The quantitative estimate of drug-likeness (QED) is 0.882. The van der Waals surface area contributed by atoms with Crippen LogP contribution in [0.4, 0.5) is 4.79 Å². The second-order valence-electron chi connectivity index (χ2n) is 6.81. The number of thiophene rings is 1. The lowest BCUT2D eigenvalue weighted by Gasteiger charge is -2.26. The van der Waals surface area contributed by atoms with Gasteiger partial charge in [0.1, 0.15) is 5.60 Å². The van der Waals surface area contributed by atoms with Gasteiger partial charge in [0.15, 0.2) is 0 Å². The first-order valence-electron chi connectivity index (χ1n) is 7.28. The minimum atomic E-state index is -0.410. The normalized spacial score (nSPS) is 27.6. The second-order valence-corrected chi connectivity index (χ2v) is 8.67. The van der Waals surface area contributed by atoms with Crippen LogP contribution in [0.3, 0.4) is 0 Å². The summed E-state index contributed by atoms with van der Waals surface area (Å²) in [6.45, 7) is 8.27. The molecular formula is C15H21BrN2O2S. The van der Waals surface area contributed by atoms with Gasteiger partial charge in [-0.15, -0.1) is 11.3 Å². The van der Waals surface area contributed by atoms with Gasteiger partial charge in [-0.05, 0) is 60.0 Å². The van der Waals surface area contributed by atoms with Crippen LogP contribution in [0.25, 0.3) is 0 Å². The number of nitrogens with one attached hydrogen (secondary N) is 1. The first kappa shape index (κ1) is 15.3. The maximum absolute atomic E-state index is 12.0. The average Bonchev–Trinajstić information content (AvgIpc) is 2.77. The van der Waals surface area contributed by atoms with Gasteiger partial charge in [0.2, 0.25) is 0 Å². The molecule has 1 aliphatic heterocycles. The van der Waals surface area contributed by atoms with E-state index in [1.54, 1.807) is 11.3 Å². The molecule has 116 valence electrons. The van der Waals surface area contributed by atoms with E-state index < -0.39 is 5.60 Å². The third-order valence-corrected chi connectivity index (χ3v) is 5.96. The van der Waals surface area contributed by atoms with Crippen molar-refractivity contribution in [1.82, 2.24) is 10.2 Å². The summed E-state index contributed by atoms with van der Waals surface area (Å²) in [5, 5.41) is 5.71. The fourth-order valence-electron chi connectivity index (χ4n) is 2.97. The van der Waals surface area contributed by atoms with Gasteiger partial charge in [-0.3, -0.25) is 0 Å². The molecule has 1 saturated carbocycles. The molecule has 0 spiro atoms. The minimum Gasteiger partial charge on any atom is -0.444 e. The zero-order valence-electron chi connectivity index (χ0n) is 12.6. The maximum Gasteiger partial charge on any atom is 0.410 e. The van der Waals surface area contributed by atoms with Crippen molar-refractivity contribution in [3.63, 3.8) is 0 Å². The van der Waals surface area contributed by atoms with Crippen molar-refractivity contribution in [3.05, 3.63) is 20.8 Å². The Bertz CT molecular complexity index is 528. The Morgan fingerprint density at radius 2 is 2.14 bits per heavy atom. The Morgan fingerprint density at radius 3 is 2.67 bits per heavy atom. The molecule has 1 aromatic heterocycles. The highest BCUT2D eigenvalue weighted by molar-refractivity contribution is 9.10. The molecule has 2 heterocycles. The van der Waals surface area contributed by atoms with Crippen LogP contribution in [-0.2, 0) is 11.3 Å². The minimum absolute atomic E-state index is 0.172. The molecule has 1 saturated heterocycles. The number of piperidine rings is 1. The van der Waals surface area contributed by atoms with Gasteiger partial charge in [-0.1, -0.05) is 0 Å². The first-order valence-corrected chi connectivity index (χ1v) is 8.95. The Hall–Kier alpha value is -0.590. The van der Waals surface area contributed by atoms with Crippen LogP contribution in [0.1, 0.15) is 25.6 Å². The fraction of sp³-hybridized carbons (Fsp3) is 0.667. The van der Waals surface area contributed by atoms with Crippen LogP contribution in [0.15, 0.2) is 15.9 Å². The van der Waals surface area contributed by atoms with E-state index in [9.17, 15) is 4.79 Å². The maximum atomic E-state index is 12.0. The number of likely N-dealkylation sites (tertiary alicyclic amines) is 1. The number of nitrogens with zero attached hydrogens (tertiary/aromatic N) is 1. The van der Waals surface area contributed by atoms with E-state index >= 15 is 0 Å². The van der Waals surface area contributed by atoms with Crippen LogP contribution < -0.4 is 5.32 Å². The lowest BCUT2D eigenvalue weighted by molar-refractivity contribution is 0.0269. The SMILES string of the molecule is CC(C)(C)OC(=O)N1CC2C(C1)C2NCc1sccc1Br. The Labute approximate surface area is 138 Å². The molecule has 2 fully saturated rings. The van der Waals surface area contributed by atoms with Crippen molar-refractivity contribution >= 4 is 33.4 Å². The molecule has 0 aromatic carbocycles. The molecule has 4 nitrogen and oxygen atoms in total. The molecule has 1 N–H and O–H groups in total. The summed E-state index contributed by atoms with van der Waals surface area (Å²) < 4.78 is 6.60. The average molecular weight is 373 g/mol. The number of hydrogen-bond acceptors (Lipinski definition) is 4. The standard InChI is InChI=1S/C15H21BrN2O2S/c1-15(2,3)20-14(19)18-7-9-10(8-18)13(9)17-6-12-11(16)4-5-21-12/h4-5,9-10,13,17H,6-8H2,1-3H3. The van der Waals surface area contributed by atoms with Crippen LogP contribution in [-0.4, -0.2) is 35.7 Å². The van der Waals surface area contributed by atoms with E-state index in [0.29, 0.717) is 17.9 Å². The Balaban J connectivity index is 1.44. The van der Waals surface area contributed by atoms with E-state index in [1.807, 2.05) is 25.7 Å². The fourth-order valence-corrected chi connectivity index (χ4v) is 4.41. The van der Waals surface area contributed by atoms with Crippen molar-refractivity contribution in [2.24, 2.45) is 11.8 Å². The van der Waals surface area contributed by atoms with Crippen LogP contribution >= 0.6 is 27.3 Å². The van der Waals surface area contributed by atoms with E-state index in [0.717, 1.165) is 19.6 Å². The molecular weight excluding hydrogens is 352 g/mol. The molecule has 0 radical (unpaired) electrons. The summed E-state index contributed by atoms with van der Waals surface area (Å²) in [4.78, 5) is 15.2. The number of hydrogen-bond donors (Lipinski definition) is 1. The molecule has 6 heteroatoms. The lowest BCUT2D eigenvalue weighted by atomic mass is 10.2. The summed E-state index contributed by atoms with van der Waals surface area (Å²) >= 11 is 5.32. The van der Waals surface area contributed by atoms with Gasteiger partial charge < -0.3 is 15.0 Å². The Kier molecular flexibility index (Phi) is 4.05. The first-order chi connectivity index (χ1) is 9.85. The smallest absolute Gasteiger partial charge is 0.410 e. The Morgan fingerprint density at radius 1 is 1.48 bits per heavy atom. The highest BCUT2D eigenvalue weighted by atomic mass is 79.9. The molecule has 2 atom stereocenters. The number of carbonyl (C=O) groups is 1. The predicted molar refractivity (Wildman–Crippen MR) is 87.4 cm³/mol. The van der Waals surface area contributed by atoms with E-state index in [4.69, 9.17) is 4.74 Å². The largest absolute Gasteiger partial charge is 0.444 e. The van der Waals surface area contributed by atoms with Crippen molar-refractivity contribution in [1.29, 1.82) is 0 Å². The van der Waals surface area contributed by atoms with Crippen molar-refractivity contribution in [2.45, 2.75) is 39.0 Å². The van der Waals surface area contributed by atoms with Crippen LogP contribution in [0, 0.1) is 11.8 Å². The number of fused-ring (bicyclic) bond motifs is 1. The summed E-state index contributed by atoms with van der Waals surface area (Å²) in [5.41, 5.74) is -0.410. The number of amides is 1. The molecule has 1 amide bonds. The van der Waals surface area contributed by atoms with Gasteiger partial charge in [0, 0.05) is 35.0 Å². The number of ether oxygens (including phenoxy) is 1. The van der Waals surface area contributed by atoms with Crippen molar-refractivity contribution in [2.75, 3.05) is 13.1 Å². The van der Waals surface area contributed by atoms with E-state index in [2.05, 4.69) is 32.7 Å². The summed E-state index contributed by atoms with van der Waals surface area (Å²) in [6.07, 6.45) is -0.172. The predicted octanol–water partition coefficient (Wildman–Crippen LogP) is 3.47. The highest BCUT2D eigenvalue weighted by Crippen LogP contribution is 2.46. The van der Waals surface area contributed by atoms with Gasteiger partial charge in [0.05, 0.1) is 0 Å². The molecule has 2 aliphatic rings. The monoisotopic (exact) mass is 372 g/mol. The molecule has 0 bridgehead atoms. The van der Waals surface area contributed by atoms with Crippen molar-refractivity contribution in [3.8, 4) is 0 Å². The van der Waals surface area contributed by atoms with Gasteiger partial charge in [-0.25, -0.2) is 4.79 Å². The third kappa shape index (κ3) is 3.43. The zero-order valence-corrected chi connectivity index (χ0v) is 15.0. The lowest BCUT2D eigenvalue weighted by Crippen LogP contribution is -2.39. The van der Waals surface area contributed by atoms with Crippen LogP contribution in [0.2, 0.25) is 0 Å². The second kappa shape index (κ2) is 5.56. The van der Waals surface area contributed by atoms with Gasteiger partial charge >= 0.3 is 6.09 Å². The van der Waals surface area contributed by atoms with Gasteiger partial charge in [0.25, 0.3) is 0 Å². The summed E-state index contributed by atoms with van der Waals surface area (Å²) in [6, 6.07) is 2.64. The molecule has 3 rings (SSSR count). The number of carbonyl (C=O) groups excluding carboxylic acids is 1. The topological polar surface area (TPSA) is 41.6 Å². The summed E-state index contributed by atoms with van der Waals surface area (Å²) in [7, 11) is 0. The zero-order chi connectivity index (χ0) is 15.2. The number of halogens is 1. The highest BCUT2D eigenvalue weighted by Gasteiger charge is 2.56.